The highest BCUT2D eigenvalue weighted by Gasteiger charge is 2.18. The minimum atomic E-state index is -0.842. The van der Waals surface area contributed by atoms with Crippen LogP contribution < -0.4 is 0 Å². The van der Waals surface area contributed by atoms with Gasteiger partial charge in [-0.1, -0.05) is 60.2 Å². The van der Waals surface area contributed by atoms with Gasteiger partial charge in [-0.05, 0) is 18.1 Å². The van der Waals surface area contributed by atoms with Crippen LogP contribution in [0.15, 0.2) is 54.6 Å². The molecule has 0 spiro atoms. The molecule has 94 valence electrons. The molecule has 0 saturated heterocycles. The van der Waals surface area contributed by atoms with Crippen LogP contribution in [0, 0.1) is 6.92 Å². The highest BCUT2D eigenvalue weighted by atomic mass is 16.3. The van der Waals surface area contributed by atoms with E-state index < -0.39 is 12.2 Å². The van der Waals surface area contributed by atoms with E-state index >= 15 is 0 Å². The second-order valence-corrected chi connectivity index (χ2v) is 4.62. The number of aliphatic hydroxyl groups is 2. The largest absolute Gasteiger partial charge is 0.390 e. The topological polar surface area (TPSA) is 40.5 Å². The zero-order valence-corrected chi connectivity index (χ0v) is 10.5. The van der Waals surface area contributed by atoms with Gasteiger partial charge in [0.15, 0.2) is 0 Å². The number of rotatable bonds is 4. The summed E-state index contributed by atoms with van der Waals surface area (Å²) in [5.74, 6) is 0. The molecule has 0 aliphatic rings. The molecular formula is C16H18O2. The molecule has 2 heteroatoms. The van der Waals surface area contributed by atoms with Crippen LogP contribution in [0.2, 0.25) is 0 Å². The Kier molecular flexibility index (Phi) is 4.13. The van der Waals surface area contributed by atoms with Crippen molar-refractivity contribution >= 4 is 0 Å². The first-order chi connectivity index (χ1) is 8.66. The zero-order chi connectivity index (χ0) is 13.0. The first-order valence-electron chi connectivity index (χ1n) is 6.13. The molecule has 0 aromatic heterocycles. The average Bonchev–Trinajstić information content (AvgIpc) is 2.39. The summed E-state index contributed by atoms with van der Waals surface area (Å²) in [7, 11) is 0. The Morgan fingerprint density at radius 2 is 1.67 bits per heavy atom. The number of benzene rings is 2. The van der Waals surface area contributed by atoms with E-state index in [0.717, 1.165) is 16.7 Å². The predicted molar refractivity (Wildman–Crippen MR) is 72.3 cm³/mol. The molecule has 2 rings (SSSR count). The van der Waals surface area contributed by atoms with Crippen molar-refractivity contribution < 1.29 is 10.2 Å². The third kappa shape index (κ3) is 3.19. The maximum Gasteiger partial charge on any atom is 0.105 e. The second-order valence-electron chi connectivity index (χ2n) is 4.62. The van der Waals surface area contributed by atoms with Gasteiger partial charge in [0, 0.05) is 6.42 Å². The number of aryl methyl sites for hydroxylation is 1. The van der Waals surface area contributed by atoms with Crippen LogP contribution in [0.3, 0.4) is 0 Å². The summed E-state index contributed by atoms with van der Waals surface area (Å²) >= 11 is 0. The van der Waals surface area contributed by atoms with E-state index in [-0.39, 0.29) is 0 Å². The van der Waals surface area contributed by atoms with E-state index in [9.17, 15) is 10.2 Å². The lowest BCUT2D eigenvalue weighted by Crippen LogP contribution is -2.20. The number of hydrogen-bond acceptors (Lipinski definition) is 2. The van der Waals surface area contributed by atoms with Gasteiger partial charge in [0.05, 0.1) is 6.10 Å². The normalized spacial score (nSPS) is 14.2. The summed E-state index contributed by atoms with van der Waals surface area (Å²) in [5, 5.41) is 20.2. The molecule has 2 atom stereocenters. The molecule has 2 unspecified atom stereocenters. The van der Waals surface area contributed by atoms with Gasteiger partial charge in [0.25, 0.3) is 0 Å². The van der Waals surface area contributed by atoms with Gasteiger partial charge < -0.3 is 10.2 Å². The van der Waals surface area contributed by atoms with E-state index in [0.29, 0.717) is 6.42 Å². The van der Waals surface area contributed by atoms with Crippen molar-refractivity contribution in [1.82, 2.24) is 0 Å². The summed E-state index contributed by atoms with van der Waals surface area (Å²) in [6.07, 6.45) is -1.17. The minimum Gasteiger partial charge on any atom is -0.390 e. The Labute approximate surface area is 108 Å². The molecule has 0 amide bonds. The monoisotopic (exact) mass is 242 g/mol. The van der Waals surface area contributed by atoms with Crippen LogP contribution in [0.1, 0.15) is 22.8 Å². The Bertz CT molecular complexity index is 493. The number of hydrogen-bond donors (Lipinski definition) is 2. The van der Waals surface area contributed by atoms with Gasteiger partial charge in [0.2, 0.25) is 0 Å². The maximum atomic E-state index is 10.1. The molecule has 0 radical (unpaired) electrons. The van der Waals surface area contributed by atoms with Gasteiger partial charge in [-0.25, -0.2) is 0 Å². The molecular weight excluding hydrogens is 224 g/mol. The van der Waals surface area contributed by atoms with Gasteiger partial charge in [-0.15, -0.1) is 0 Å². The van der Waals surface area contributed by atoms with Crippen LogP contribution in [-0.4, -0.2) is 16.3 Å². The Balaban J connectivity index is 2.07. The first kappa shape index (κ1) is 12.8. The van der Waals surface area contributed by atoms with Crippen molar-refractivity contribution in [3.8, 4) is 0 Å². The molecule has 2 N–H and O–H groups in total. The maximum absolute atomic E-state index is 10.1. The molecule has 2 aromatic rings. The highest BCUT2D eigenvalue weighted by Crippen LogP contribution is 2.20. The molecule has 2 nitrogen and oxygen atoms in total. The van der Waals surface area contributed by atoms with Crippen LogP contribution in [0.25, 0.3) is 0 Å². The average molecular weight is 242 g/mol. The van der Waals surface area contributed by atoms with E-state index in [4.69, 9.17) is 0 Å². The lowest BCUT2D eigenvalue weighted by molar-refractivity contribution is 0.0189. The third-order valence-corrected chi connectivity index (χ3v) is 3.04. The van der Waals surface area contributed by atoms with Crippen LogP contribution in [0.5, 0.6) is 0 Å². The van der Waals surface area contributed by atoms with Crippen LogP contribution in [0.4, 0.5) is 0 Å². The molecule has 18 heavy (non-hydrogen) atoms. The van der Waals surface area contributed by atoms with Crippen molar-refractivity contribution in [2.75, 3.05) is 0 Å². The van der Waals surface area contributed by atoms with E-state index in [1.807, 2.05) is 61.5 Å². The summed E-state index contributed by atoms with van der Waals surface area (Å²) in [5.41, 5.74) is 2.87. The minimum absolute atomic E-state index is 0.454. The van der Waals surface area contributed by atoms with Gasteiger partial charge in [-0.3, -0.25) is 0 Å². The Morgan fingerprint density at radius 1 is 0.944 bits per heavy atom. The second kappa shape index (κ2) is 5.80. The van der Waals surface area contributed by atoms with Crippen LogP contribution in [-0.2, 0) is 6.42 Å². The van der Waals surface area contributed by atoms with Gasteiger partial charge >= 0.3 is 0 Å². The SMILES string of the molecule is Cc1cccc(C(O)C(O)Cc2ccccc2)c1. The standard InChI is InChI=1S/C16H18O2/c1-12-6-5-9-14(10-12)16(18)15(17)11-13-7-3-2-4-8-13/h2-10,15-18H,11H2,1H3. The quantitative estimate of drug-likeness (QED) is 0.865. The van der Waals surface area contributed by atoms with Crippen LogP contribution >= 0.6 is 0 Å². The number of aliphatic hydroxyl groups excluding tert-OH is 2. The fourth-order valence-electron chi connectivity index (χ4n) is 2.04. The fraction of sp³-hybridized carbons (Fsp3) is 0.250. The highest BCUT2D eigenvalue weighted by molar-refractivity contribution is 5.25. The fourth-order valence-corrected chi connectivity index (χ4v) is 2.04. The molecule has 0 bridgehead atoms. The summed E-state index contributed by atoms with van der Waals surface area (Å²) < 4.78 is 0. The third-order valence-electron chi connectivity index (χ3n) is 3.04. The molecule has 0 aliphatic heterocycles. The van der Waals surface area contributed by atoms with Crippen molar-refractivity contribution in [3.63, 3.8) is 0 Å². The van der Waals surface area contributed by atoms with Crippen molar-refractivity contribution in [2.45, 2.75) is 25.6 Å². The predicted octanol–water partition coefficient (Wildman–Crippen LogP) is 2.63. The van der Waals surface area contributed by atoms with E-state index in [2.05, 4.69) is 0 Å². The summed E-state index contributed by atoms with van der Waals surface area (Å²) in [6.45, 7) is 1.97. The Hall–Kier alpha value is -1.64. The Morgan fingerprint density at radius 3 is 2.33 bits per heavy atom. The lowest BCUT2D eigenvalue weighted by Gasteiger charge is -2.18. The summed E-state index contributed by atoms with van der Waals surface area (Å²) in [4.78, 5) is 0. The lowest BCUT2D eigenvalue weighted by atomic mass is 9.97. The van der Waals surface area contributed by atoms with Gasteiger partial charge in [0.1, 0.15) is 6.10 Å². The molecule has 2 aromatic carbocycles. The van der Waals surface area contributed by atoms with Crippen molar-refractivity contribution in [1.29, 1.82) is 0 Å². The van der Waals surface area contributed by atoms with Crippen molar-refractivity contribution in [3.05, 3.63) is 71.3 Å². The van der Waals surface area contributed by atoms with E-state index in [1.165, 1.54) is 0 Å². The van der Waals surface area contributed by atoms with E-state index in [1.54, 1.807) is 0 Å². The molecule has 0 saturated carbocycles. The molecule has 0 aliphatic carbocycles. The zero-order valence-electron chi connectivity index (χ0n) is 10.5. The first-order valence-corrected chi connectivity index (χ1v) is 6.13. The van der Waals surface area contributed by atoms with Gasteiger partial charge in [-0.2, -0.15) is 0 Å². The summed E-state index contributed by atoms with van der Waals surface area (Å²) in [6, 6.07) is 17.3. The smallest absolute Gasteiger partial charge is 0.105 e. The molecule has 0 fully saturated rings. The molecule has 0 heterocycles. The van der Waals surface area contributed by atoms with Crippen molar-refractivity contribution in [2.24, 2.45) is 0 Å².